The third-order valence-corrected chi connectivity index (χ3v) is 5.47. The SMILES string of the molecule is CCCCCCCCCCCCCCCCCC[N+](C)(C)CC.O=[N+]([O-])[O-]. The van der Waals surface area contributed by atoms with E-state index in [2.05, 4.69) is 27.9 Å². The smallest absolute Gasteiger partial charge is 0.0782 e. The quantitative estimate of drug-likeness (QED) is 0.109. The molecule has 0 bridgehead atoms. The minimum atomic E-state index is -1.75. The van der Waals surface area contributed by atoms with Crippen LogP contribution in [-0.4, -0.2) is 36.8 Å². The van der Waals surface area contributed by atoms with Gasteiger partial charge in [-0.1, -0.05) is 96.8 Å². The van der Waals surface area contributed by atoms with Crippen molar-refractivity contribution in [1.29, 1.82) is 0 Å². The average Bonchev–Trinajstić information content (AvgIpc) is 2.61. The summed E-state index contributed by atoms with van der Waals surface area (Å²) in [6.07, 6.45) is 23.4. The third kappa shape index (κ3) is 30.1. The van der Waals surface area contributed by atoms with Crippen LogP contribution in [0.1, 0.15) is 117 Å². The van der Waals surface area contributed by atoms with Crippen molar-refractivity contribution in [2.24, 2.45) is 0 Å². The van der Waals surface area contributed by atoms with Gasteiger partial charge in [0.05, 0.1) is 32.3 Å². The zero-order chi connectivity index (χ0) is 20.8. The summed E-state index contributed by atoms with van der Waals surface area (Å²) in [6.45, 7) is 7.21. The van der Waals surface area contributed by atoms with Crippen molar-refractivity contribution in [2.45, 2.75) is 117 Å². The van der Waals surface area contributed by atoms with Gasteiger partial charge in [-0.05, 0) is 19.8 Å². The summed E-state index contributed by atoms with van der Waals surface area (Å²) in [5, 5.41) is 14.8. The first kappa shape index (κ1) is 28.4. The zero-order valence-corrected chi connectivity index (χ0v) is 18.8. The number of hydrogen-bond acceptors (Lipinski definition) is 3. The van der Waals surface area contributed by atoms with Gasteiger partial charge >= 0.3 is 0 Å². The Kier molecular flexibility index (Phi) is 22.5. The van der Waals surface area contributed by atoms with Crippen LogP contribution in [0.2, 0.25) is 0 Å². The summed E-state index contributed by atoms with van der Waals surface area (Å²) < 4.78 is 1.19. The van der Waals surface area contributed by atoms with Crippen LogP contribution >= 0.6 is 0 Å². The molecule has 5 nitrogen and oxygen atoms in total. The van der Waals surface area contributed by atoms with Crippen molar-refractivity contribution in [3.8, 4) is 0 Å². The van der Waals surface area contributed by atoms with E-state index in [4.69, 9.17) is 15.3 Å². The van der Waals surface area contributed by atoms with Crippen LogP contribution < -0.4 is 0 Å². The molecular formula is C22H48N2O3. The predicted octanol–water partition coefficient (Wildman–Crippen LogP) is 7.11. The molecule has 0 aromatic carbocycles. The molecule has 0 spiro atoms. The van der Waals surface area contributed by atoms with E-state index < -0.39 is 5.09 Å². The summed E-state index contributed by atoms with van der Waals surface area (Å²) in [5.74, 6) is 0. The molecular weight excluding hydrogens is 340 g/mol. The Bertz CT molecular complexity index is 306. The van der Waals surface area contributed by atoms with Gasteiger partial charge in [0.2, 0.25) is 0 Å². The Morgan fingerprint density at radius 1 is 0.593 bits per heavy atom. The second-order valence-electron chi connectivity index (χ2n) is 8.50. The molecule has 0 unspecified atom stereocenters. The molecule has 0 radical (unpaired) electrons. The van der Waals surface area contributed by atoms with Crippen LogP contribution in [0, 0.1) is 15.3 Å². The van der Waals surface area contributed by atoms with Crippen LogP contribution in [0.4, 0.5) is 0 Å². The lowest BCUT2D eigenvalue weighted by molar-refractivity contribution is -0.888. The highest BCUT2D eigenvalue weighted by atomic mass is 16.9. The summed E-state index contributed by atoms with van der Waals surface area (Å²) in [7, 11) is 4.70. The molecule has 0 aliphatic carbocycles. The van der Waals surface area contributed by atoms with Crippen molar-refractivity contribution in [3.63, 3.8) is 0 Å². The van der Waals surface area contributed by atoms with Gasteiger partial charge in [0, 0.05) is 0 Å². The van der Waals surface area contributed by atoms with Crippen LogP contribution in [0.25, 0.3) is 0 Å². The fourth-order valence-electron chi connectivity index (χ4n) is 3.25. The highest BCUT2D eigenvalue weighted by Gasteiger charge is 2.09. The van der Waals surface area contributed by atoms with E-state index in [0.29, 0.717) is 0 Å². The van der Waals surface area contributed by atoms with Crippen LogP contribution in [0.15, 0.2) is 0 Å². The lowest BCUT2D eigenvalue weighted by atomic mass is 10.0. The Morgan fingerprint density at radius 3 is 1.11 bits per heavy atom. The first-order chi connectivity index (χ1) is 12.9. The number of rotatable bonds is 18. The van der Waals surface area contributed by atoms with E-state index in [-0.39, 0.29) is 0 Å². The van der Waals surface area contributed by atoms with Gasteiger partial charge in [0.25, 0.3) is 0 Å². The fourth-order valence-corrected chi connectivity index (χ4v) is 3.25. The van der Waals surface area contributed by atoms with Crippen LogP contribution in [-0.2, 0) is 0 Å². The topological polar surface area (TPSA) is 66.2 Å². The van der Waals surface area contributed by atoms with E-state index in [1.807, 2.05) is 0 Å². The normalized spacial score (nSPS) is 11.1. The van der Waals surface area contributed by atoms with Crippen LogP contribution in [0.3, 0.4) is 0 Å². The molecule has 164 valence electrons. The molecule has 0 saturated heterocycles. The molecule has 0 aromatic rings. The maximum atomic E-state index is 8.25. The second kappa shape index (κ2) is 21.5. The van der Waals surface area contributed by atoms with Gasteiger partial charge in [-0.2, -0.15) is 0 Å². The van der Waals surface area contributed by atoms with E-state index in [0.717, 1.165) is 0 Å². The molecule has 27 heavy (non-hydrogen) atoms. The summed E-state index contributed by atoms with van der Waals surface area (Å²) >= 11 is 0. The average molecular weight is 389 g/mol. The van der Waals surface area contributed by atoms with Crippen molar-refractivity contribution in [3.05, 3.63) is 15.3 Å². The van der Waals surface area contributed by atoms with Gasteiger partial charge in [-0.3, -0.25) is 0 Å². The number of quaternary nitrogens is 1. The summed E-state index contributed by atoms with van der Waals surface area (Å²) in [5.41, 5.74) is 0. The lowest BCUT2D eigenvalue weighted by Gasteiger charge is -2.28. The molecule has 0 rings (SSSR count). The molecule has 0 fully saturated rings. The van der Waals surface area contributed by atoms with Crippen molar-refractivity contribution < 1.29 is 9.57 Å². The Balaban J connectivity index is 0. The van der Waals surface area contributed by atoms with E-state index in [1.165, 1.54) is 120 Å². The lowest BCUT2D eigenvalue weighted by Crippen LogP contribution is -2.39. The zero-order valence-electron chi connectivity index (χ0n) is 18.8. The molecule has 0 heterocycles. The summed E-state index contributed by atoms with van der Waals surface area (Å²) in [6, 6.07) is 0. The molecule has 0 aliphatic heterocycles. The van der Waals surface area contributed by atoms with Crippen LogP contribution in [0.5, 0.6) is 0 Å². The maximum absolute atomic E-state index is 8.25. The Morgan fingerprint density at radius 2 is 0.852 bits per heavy atom. The molecule has 0 aliphatic rings. The van der Waals surface area contributed by atoms with Crippen molar-refractivity contribution >= 4 is 0 Å². The van der Waals surface area contributed by atoms with Crippen molar-refractivity contribution in [1.82, 2.24) is 0 Å². The van der Waals surface area contributed by atoms with Gasteiger partial charge in [0.15, 0.2) is 0 Å². The minimum Gasteiger partial charge on any atom is -0.356 e. The Hall–Kier alpha value is -0.840. The van der Waals surface area contributed by atoms with Gasteiger partial charge in [-0.25, -0.2) is 0 Å². The number of nitrogens with zero attached hydrogens (tertiary/aromatic N) is 2. The highest BCUT2D eigenvalue weighted by molar-refractivity contribution is 4.50. The van der Waals surface area contributed by atoms with Gasteiger partial charge in [0.1, 0.15) is 0 Å². The molecule has 0 atom stereocenters. The molecule has 0 amide bonds. The fraction of sp³-hybridized carbons (Fsp3) is 1.00. The maximum Gasteiger partial charge on any atom is 0.0782 e. The summed E-state index contributed by atoms with van der Waals surface area (Å²) in [4.78, 5) is 8.25. The van der Waals surface area contributed by atoms with Gasteiger partial charge in [-0.15, -0.1) is 0 Å². The number of unbranched alkanes of at least 4 members (excludes halogenated alkanes) is 15. The van der Waals surface area contributed by atoms with E-state index in [9.17, 15) is 0 Å². The number of hydrogen-bond donors (Lipinski definition) is 0. The largest absolute Gasteiger partial charge is 0.356 e. The molecule has 0 saturated carbocycles. The van der Waals surface area contributed by atoms with Crippen molar-refractivity contribution in [2.75, 3.05) is 27.2 Å². The van der Waals surface area contributed by atoms with Gasteiger partial charge < -0.3 is 19.8 Å². The van der Waals surface area contributed by atoms with E-state index in [1.54, 1.807) is 0 Å². The molecule has 5 heteroatoms. The first-order valence-corrected chi connectivity index (χ1v) is 11.5. The second-order valence-corrected chi connectivity index (χ2v) is 8.50. The minimum absolute atomic E-state index is 1.19. The van der Waals surface area contributed by atoms with E-state index >= 15 is 0 Å². The molecule has 0 N–H and O–H groups in total. The predicted molar refractivity (Wildman–Crippen MR) is 117 cm³/mol. The monoisotopic (exact) mass is 388 g/mol. The highest BCUT2D eigenvalue weighted by Crippen LogP contribution is 2.14. The molecule has 0 aromatic heterocycles. The standard InChI is InChI=1S/C22H48N.NO3/c1-5-7-8-9-10-11-12-13-14-15-16-17-18-19-20-21-22-23(3,4)6-2;2-1(3)4/h5-22H2,1-4H3;/q+1;-1. The Labute approximate surface area is 169 Å². The third-order valence-electron chi connectivity index (χ3n) is 5.47. The first-order valence-electron chi connectivity index (χ1n) is 11.5.